The van der Waals surface area contributed by atoms with Gasteiger partial charge in [0.05, 0.1) is 10.4 Å². The molecule has 2 N–H and O–H groups in total. The molecule has 0 aliphatic carbocycles. The number of thiophene rings is 1. The van der Waals surface area contributed by atoms with Gasteiger partial charge in [0.1, 0.15) is 0 Å². The van der Waals surface area contributed by atoms with Crippen molar-refractivity contribution in [3.63, 3.8) is 0 Å². The van der Waals surface area contributed by atoms with Gasteiger partial charge in [-0.05, 0) is 23.3 Å². The van der Waals surface area contributed by atoms with Crippen molar-refractivity contribution in [1.82, 2.24) is 0 Å². The van der Waals surface area contributed by atoms with Gasteiger partial charge < -0.3 is 10.6 Å². The predicted molar refractivity (Wildman–Crippen MR) is 99.2 cm³/mol. The highest BCUT2D eigenvalue weighted by atomic mass is 32.1. The molecule has 0 fully saturated rings. The summed E-state index contributed by atoms with van der Waals surface area (Å²) in [6, 6.07) is 19.8. The van der Waals surface area contributed by atoms with Gasteiger partial charge in [0.2, 0.25) is 5.91 Å². The van der Waals surface area contributed by atoms with E-state index in [4.69, 9.17) is 5.73 Å². The molecular formula is C20H16N2O2S. The second-order valence-electron chi connectivity index (χ2n) is 6.00. The van der Waals surface area contributed by atoms with Gasteiger partial charge in [-0.15, -0.1) is 11.3 Å². The van der Waals surface area contributed by atoms with E-state index in [0.717, 1.165) is 11.3 Å². The Hall–Kier alpha value is -2.92. The number of fused-ring (bicyclic) bond motifs is 1. The van der Waals surface area contributed by atoms with Crippen LogP contribution in [-0.4, -0.2) is 18.4 Å². The minimum absolute atomic E-state index is 0.0941. The fourth-order valence-corrected chi connectivity index (χ4v) is 4.12. The molecular weight excluding hydrogens is 332 g/mol. The zero-order chi connectivity index (χ0) is 17.4. The van der Waals surface area contributed by atoms with Gasteiger partial charge in [-0.1, -0.05) is 48.5 Å². The summed E-state index contributed by atoms with van der Waals surface area (Å²) in [6.45, 7) is 0.589. The molecule has 0 radical (unpaired) electrons. The number of nitrogens with two attached hydrogens (primary N) is 1. The van der Waals surface area contributed by atoms with E-state index in [2.05, 4.69) is 18.2 Å². The highest BCUT2D eigenvalue weighted by Crippen LogP contribution is 2.40. The molecule has 3 aromatic rings. The molecule has 1 aromatic heterocycles. The van der Waals surface area contributed by atoms with Crippen LogP contribution in [0.1, 0.15) is 37.1 Å². The van der Waals surface area contributed by atoms with Crippen LogP contribution in [0.25, 0.3) is 0 Å². The Bertz CT molecular complexity index is 949. The Labute approximate surface area is 149 Å². The predicted octanol–water partition coefficient (Wildman–Crippen LogP) is 3.64. The number of carbonyl (C=O) groups is 2. The highest BCUT2D eigenvalue weighted by Gasteiger charge is 2.34. The second kappa shape index (κ2) is 6.18. The summed E-state index contributed by atoms with van der Waals surface area (Å²) in [5, 5.41) is 1.63. The lowest BCUT2D eigenvalue weighted by molar-refractivity contribution is 0.0992. The van der Waals surface area contributed by atoms with Crippen LogP contribution in [0, 0.1) is 0 Å². The van der Waals surface area contributed by atoms with E-state index >= 15 is 0 Å². The maximum Gasteiger partial charge on any atom is 0.268 e. The summed E-state index contributed by atoms with van der Waals surface area (Å²) in [6.07, 6.45) is 0. The minimum Gasteiger partial charge on any atom is -0.366 e. The Balaban J connectivity index is 1.71. The van der Waals surface area contributed by atoms with E-state index in [0.29, 0.717) is 17.0 Å². The number of para-hydroxylation sites is 1. The molecule has 1 unspecified atom stereocenters. The zero-order valence-electron chi connectivity index (χ0n) is 13.4. The van der Waals surface area contributed by atoms with E-state index in [1.807, 2.05) is 36.4 Å². The molecule has 4 nitrogen and oxygen atoms in total. The van der Waals surface area contributed by atoms with Gasteiger partial charge in [-0.25, -0.2) is 0 Å². The number of hydrogen-bond acceptors (Lipinski definition) is 3. The fourth-order valence-electron chi connectivity index (χ4n) is 3.28. The molecule has 1 aliphatic heterocycles. The molecule has 25 heavy (non-hydrogen) atoms. The summed E-state index contributed by atoms with van der Waals surface area (Å²) in [5.41, 5.74) is 8.94. The molecule has 0 saturated carbocycles. The molecule has 5 heteroatoms. The van der Waals surface area contributed by atoms with E-state index < -0.39 is 5.91 Å². The first-order chi connectivity index (χ1) is 12.1. The molecule has 1 atom stereocenters. The topological polar surface area (TPSA) is 63.4 Å². The molecule has 0 saturated heterocycles. The van der Waals surface area contributed by atoms with Gasteiger partial charge in [-0.2, -0.15) is 0 Å². The van der Waals surface area contributed by atoms with Crippen LogP contribution in [0.4, 0.5) is 5.69 Å². The number of nitrogens with zero attached hydrogens (tertiary/aromatic N) is 1. The average molecular weight is 348 g/mol. The number of primary amides is 1. The van der Waals surface area contributed by atoms with Crippen LogP contribution in [0.5, 0.6) is 0 Å². The van der Waals surface area contributed by atoms with E-state index in [-0.39, 0.29) is 11.8 Å². The van der Waals surface area contributed by atoms with Gasteiger partial charge >= 0.3 is 0 Å². The normalized spacial score (nSPS) is 15.8. The van der Waals surface area contributed by atoms with Crippen LogP contribution < -0.4 is 10.6 Å². The molecule has 124 valence electrons. The van der Waals surface area contributed by atoms with Gasteiger partial charge in [0, 0.05) is 23.5 Å². The van der Waals surface area contributed by atoms with Crippen molar-refractivity contribution < 1.29 is 9.59 Å². The van der Waals surface area contributed by atoms with E-state index in [9.17, 15) is 9.59 Å². The SMILES string of the molecule is NC(=O)c1csc(C(=O)N2CC(c3ccccc3)c3ccccc32)c1. The summed E-state index contributed by atoms with van der Waals surface area (Å²) in [4.78, 5) is 26.6. The summed E-state index contributed by atoms with van der Waals surface area (Å²) in [7, 11) is 0. The highest BCUT2D eigenvalue weighted by molar-refractivity contribution is 7.12. The van der Waals surface area contributed by atoms with Gasteiger partial charge in [0.25, 0.3) is 5.91 Å². The third-order valence-electron chi connectivity index (χ3n) is 4.51. The minimum atomic E-state index is -0.515. The molecule has 1 aliphatic rings. The monoisotopic (exact) mass is 348 g/mol. The summed E-state index contributed by atoms with van der Waals surface area (Å²) < 4.78 is 0. The zero-order valence-corrected chi connectivity index (χ0v) is 14.2. The summed E-state index contributed by atoms with van der Waals surface area (Å²) >= 11 is 1.25. The van der Waals surface area contributed by atoms with Gasteiger partial charge in [0.15, 0.2) is 0 Å². The number of benzene rings is 2. The molecule has 0 spiro atoms. The number of anilines is 1. The van der Waals surface area contributed by atoms with Crippen LogP contribution in [0.15, 0.2) is 66.0 Å². The quantitative estimate of drug-likeness (QED) is 0.785. The maximum atomic E-state index is 13.0. The molecule has 2 aromatic carbocycles. The number of carbonyl (C=O) groups excluding carboxylic acids is 2. The van der Waals surface area contributed by atoms with Crippen molar-refractivity contribution >= 4 is 28.8 Å². The lowest BCUT2D eigenvalue weighted by Crippen LogP contribution is -2.29. The van der Waals surface area contributed by atoms with E-state index in [1.54, 1.807) is 16.3 Å². The van der Waals surface area contributed by atoms with Gasteiger partial charge in [-0.3, -0.25) is 9.59 Å². The number of rotatable bonds is 3. The third-order valence-corrected chi connectivity index (χ3v) is 5.43. The molecule has 2 amide bonds. The van der Waals surface area contributed by atoms with Crippen molar-refractivity contribution in [3.05, 3.63) is 87.6 Å². The fraction of sp³-hybridized carbons (Fsp3) is 0.100. The first-order valence-electron chi connectivity index (χ1n) is 7.99. The van der Waals surface area contributed by atoms with Crippen molar-refractivity contribution in [2.24, 2.45) is 5.73 Å². The molecule has 4 rings (SSSR count). The summed E-state index contributed by atoms with van der Waals surface area (Å²) in [5.74, 6) is -0.459. The van der Waals surface area contributed by atoms with Crippen molar-refractivity contribution in [2.75, 3.05) is 11.4 Å². The number of hydrogen-bond donors (Lipinski definition) is 1. The van der Waals surface area contributed by atoms with Crippen molar-refractivity contribution in [2.45, 2.75) is 5.92 Å². The Morgan fingerprint density at radius 3 is 2.48 bits per heavy atom. The molecule has 2 heterocycles. The van der Waals surface area contributed by atoms with Crippen LogP contribution in [0.2, 0.25) is 0 Å². The first kappa shape index (κ1) is 15.6. The van der Waals surface area contributed by atoms with E-state index in [1.165, 1.54) is 16.9 Å². The number of amides is 2. The van der Waals surface area contributed by atoms with Crippen molar-refractivity contribution in [1.29, 1.82) is 0 Å². The third kappa shape index (κ3) is 2.72. The van der Waals surface area contributed by atoms with Crippen LogP contribution >= 0.6 is 11.3 Å². The second-order valence-corrected chi connectivity index (χ2v) is 6.91. The lowest BCUT2D eigenvalue weighted by Gasteiger charge is -2.17. The van der Waals surface area contributed by atoms with Crippen LogP contribution in [-0.2, 0) is 0 Å². The Morgan fingerprint density at radius 1 is 1.04 bits per heavy atom. The average Bonchev–Trinajstić information content (AvgIpc) is 3.27. The van der Waals surface area contributed by atoms with Crippen LogP contribution in [0.3, 0.4) is 0 Å². The largest absolute Gasteiger partial charge is 0.366 e. The Kier molecular flexibility index (Phi) is 3.86. The maximum absolute atomic E-state index is 13.0. The molecule has 0 bridgehead atoms. The lowest BCUT2D eigenvalue weighted by atomic mass is 9.93. The standard InChI is InChI=1S/C20H16N2O2S/c21-19(23)14-10-18(25-12-14)20(24)22-11-16(13-6-2-1-3-7-13)15-8-4-5-9-17(15)22/h1-10,12,16H,11H2,(H2,21,23). The smallest absolute Gasteiger partial charge is 0.268 e. The first-order valence-corrected chi connectivity index (χ1v) is 8.87. The Morgan fingerprint density at radius 2 is 1.76 bits per heavy atom. The van der Waals surface area contributed by atoms with Crippen molar-refractivity contribution in [3.8, 4) is 0 Å².